The summed E-state index contributed by atoms with van der Waals surface area (Å²) in [4.78, 5) is 25.9. The molecule has 0 aliphatic heterocycles. The Labute approximate surface area is 159 Å². The van der Waals surface area contributed by atoms with Gasteiger partial charge in [-0.25, -0.2) is 4.79 Å². The van der Waals surface area contributed by atoms with Gasteiger partial charge in [-0.2, -0.15) is 0 Å². The van der Waals surface area contributed by atoms with Gasteiger partial charge >= 0.3 is 12.0 Å². The third kappa shape index (κ3) is 4.24. The van der Waals surface area contributed by atoms with Crippen molar-refractivity contribution < 1.29 is 14.7 Å². The first-order chi connectivity index (χ1) is 13.1. The van der Waals surface area contributed by atoms with Gasteiger partial charge in [0.1, 0.15) is 0 Å². The maximum Gasteiger partial charge on any atom is 0.318 e. The molecule has 2 N–H and O–H groups in total. The highest BCUT2D eigenvalue weighted by Crippen LogP contribution is 2.30. The summed E-state index contributed by atoms with van der Waals surface area (Å²) in [7, 11) is 0. The maximum atomic E-state index is 12.9. The molecule has 2 aliphatic rings. The van der Waals surface area contributed by atoms with Crippen molar-refractivity contribution in [2.45, 2.75) is 57.2 Å². The molecule has 27 heavy (non-hydrogen) atoms. The van der Waals surface area contributed by atoms with Gasteiger partial charge in [0.2, 0.25) is 0 Å². The van der Waals surface area contributed by atoms with Crippen LogP contribution in [0.5, 0.6) is 0 Å². The van der Waals surface area contributed by atoms with Crippen LogP contribution in [0.25, 0.3) is 10.8 Å². The number of amides is 2. The minimum absolute atomic E-state index is 0.00978. The zero-order valence-electron chi connectivity index (χ0n) is 15.4. The summed E-state index contributed by atoms with van der Waals surface area (Å²) in [5, 5.41) is 14.7. The van der Waals surface area contributed by atoms with Crippen LogP contribution in [0.2, 0.25) is 0 Å². The fourth-order valence-corrected chi connectivity index (χ4v) is 4.03. The number of carboxylic acid groups (broad SMARTS) is 1. The largest absolute Gasteiger partial charge is 0.481 e. The Morgan fingerprint density at radius 3 is 2.33 bits per heavy atom. The number of nitrogens with one attached hydrogen (secondary N) is 1. The van der Waals surface area contributed by atoms with Crippen molar-refractivity contribution in [2.75, 3.05) is 0 Å². The van der Waals surface area contributed by atoms with Crippen molar-refractivity contribution in [1.82, 2.24) is 10.2 Å². The Balaban J connectivity index is 1.40. The van der Waals surface area contributed by atoms with Gasteiger partial charge in [0.05, 0.1) is 5.92 Å². The summed E-state index contributed by atoms with van der Waals surface area (Å²) < 4.78 is 0. The van der Waals surface area contributed by atoms with Crippen LogP contribution < -0.4 is 5.32 Å². The number of rotatable bonds is 5. The van der Waals surface area contributed by atoms with Crippen LogP contribution in [0, 0.1) is 5.92 Å². The number of carbonyl (C=O) groups excluding carboxylic acids is 1. The molecular formula is C22H26N2O3. The Kier molecular flexibility index (Phi) is 5.01. The maximum absolute atomic E-state index is 12.9. The molecule has 2 aromatic carbocycles. The van der Waals surface area contributed by atoms with Gasteiger partial charge in [-0.15, -0.1) is 0 Å². The van der Waals surface area contributed by atoms with Gasteiger partial charge in [0, 0.05) is 18.6 Å². The first-order valence-electron chi connectivity index (χ1n) is 9.88. The Morgan fingerprint density at radius 2 is 1.67 bits per heavy atom. The number of nitrogens with zero attached hydrogens (tertiary/aromatic N) is 1. The van der Waals surface area contributed by atoms with Crippen LogP contribution in [-0.4, -0.2) is 34.1 Å². The van der Waals surface area contributed by atoms with Crippen molar-refractivity contribution >= 4 is 22.8 Å². The first-order valence-corrected chi connectivity index (χ1v) is 9.88. The number of carbonyl (C=O) groups is 2. The summed E-state index contributed by atoms with van der Waals surface area (Å²) in [5.74, 6) is -0.967. The van der Waals surface area contributed by atoms with Gasteiger partial charge in [0.25, 0.3) is 0 Å². The van der Waals surface area contributed by atoms with Crippen LogP contribution in [0.1, 0.15) is 44.1 Å². The second-order valence-electron chi connectivity index (χ2n) is 7.88. The number of fused-ring (bicyclic) bond motifs is 1. The highest BCUT2D eigenvalue weighted by atomic mass is 16.4. The molecule has 0 atom stereocenters. The normalized spacial score (nSPS) is 22.4. The molecule has 0 heterocycles. The third-order valence-corrected chi connectivity index (χ3v) is 5.82. The number of hydrogen-bond acceptors (Lipinski definition) is 2. The first kappa shape index (κ1) is 17.8. The number of hydrogen-bond donors (Lipinski definition) is 2. The molecule has 4 rings (SSSR count). The molecule has 0 aromatic heterocycles. The van der Waals surface area contributed by atoms with Crippen LogP contribution in [0.4, 0.5) is 4.79 Å². The van der Waals surface area contributed by atoms with E-state index >= 15 is 0 Å². The lowest BCUT2D eigenvalue weighted by molar-refractivity contribution is -0.142. The van der Waals surface area contributed by atoms with E-state index in [-0.39, 0.29) is 18.0 Å². The van der Waals surface area contributed by atoms with Crippen molar-refractivity contribution in [1.29, 1.82) is 0 Å². The summed E-state index contributed by atoms with van der Waals surface area (Å²) in [5.41, 5.74) is 1.14. The predicted molar refractivity (Wildman–Crippen MR) is 104 cm³/mol. The molecule has 2 aromatic rings. The number of urea groups is 1. The molecule has 0 saturated heterocycles. The Hall–Kier alpha value is -2.56. The molecule has 0 spiro atoms. The number of aliphatic carboxylic acids is 1. The van der Waals surface area contributed by atoms with Gasteiger partial charge in [-0.1, -0.05) is 36.4 Å². The van der Waals surface area contributed by atoms with E-state index in [2.05, 4.69) is 35.6 Å². The second kappa shape index (κ2) is 7.59. The van der Waals surface area contributed by atoms with E-state index in [1.165, 1.54) is 10.8 Å². The third-order valence-electron chi connectivity index (χ3n) is 5.82. The smallest absolute Gasteiger partial charge is 0.318 e. The summed E-state index contributed by atoms with van der Waals surface area (Å²) in [6.45, 7) is 0.617. The highest BCUT2D eigenvalue weighted by molar-refractivity contribution is 5.83. The van der Waals surface area contributed by atoms with E-state index in [9.17, 15) is 9.59 Å². The summed E-state index contributed by atoms with van der Waals surface area (Å²) in [6.07, 6.45) is 4.91. The van der Waals surface area contributed by atoms with E-state index in [1.54, 1.807) is 0 Å². The van der Waals surface area contributed by atoms with Gasteiger partial charge in [-0.3, -0.25) is 4.79 Å². The van der Waals surface area contributed by atoms with Gasteiger partial charge in [0.15, 0.2) is 0 Å². The SMILES string of the molecule is O=C(O)C1CCC(NC(=O)N(Cc2ccc3ccccc3c2)C2CC2)CC1. The topological polar surface area (TPSA) is 69.6 Å². The van der Waals surface area contributed by atoms with E-state index in [0.29, 0.717) is 25.4 Å². The van der Waals surface area contributed by atoms with Crippen LogP contribution >= 0.6 is 0 Å². The summed E-state index contributed by atoms with van der Waals surface area (Å²) >= 11 is 0. The number of benzene rings is 2. The fraction of sp³-hybridized carbons (Fsp3) is 0.455. The fourth-order valence-electron chi connectivity index (χ4n) is 4.03. The van der Waals surface area contributed by atoms with Crippen molar-refractivity contribution in [3.63, 3.8) is 0 Å². The predicted octanol–water partition coefficient (Wildman–Crippen LogP) is 4.16. The molecule has 2 amide bonds. The van der Waals surface area contributed by atoms with Crippen molar-refractivity contribution in [3.8, 4) is 0 Å². The Bertz CT molecular complexity index is 838. The molecule has 142 valence electrons. The molecular weight excluding hydrogens is 340 g/mol. The number of carboxylic acids is 1. The van der Waals surface area contributed by atoms with Crippen molar-refractivity contribution in [3.05, 3.63) is 48.0 Å². The van der Waals surface area contributed by atoms with E-state index in [1.807, 2.05) is 17.0 Å². The molecule has 5 nitrogen and oxygen atoms in total. The van der Waals surface area contributed by atoms with Gasteiger partial charge < -0.3 is 15.3 Å². The zero-order valence-corrected chi connectivity index (χ0v) is 15.4. The minimum Gasteiger partial charge on any atom is -0.481 e. The average molecular weight is 366 g/mol. The minimum atomic E-state index is -0.712. The van der Waals surface area contributed by atoms with Crippen LogP contribution in [-0.2, 0) is 11.3 Å². The van der Waals surface area contributed by atoms with Crippen LogP contribution in [0.15, 0.2) is 42.5 Å². The lowest BCUT2D eigenvalue weighted by Crippen LogP contribution is -2.47. The van der Waals surface area contributed by atoms with E-state index in [0.717, 1.165) is 31.2 Å². The van der Waals surface area contributed by atoms with Crippen molar-refractivity contribution in [2.24, 2.45) is 5.92 Å². The lowest BCUT2D eigenvalue weighted by atomic mass is 9.86. The molecule has 2 saturated carbocycles. The molecule has 0 unspecified atom stereocenters. The van der Waals surface area contributed by atoms with Gasteiger partial charge in [-0.05, 0) is 60.9 Å². The molecule has 2 fully saturated rings. The second-order valence-corrected chi connectivity index (χ2v) is 7.88. The molecule has 0 radical (unpaired) electrons. The molecule has 5 heteroatoms. The monoisotopic (exact) mass is 366 g/mol. The van der Waals surface area contributed by atoms with Crippen LogP contribution in [0.3, 0.4) is 0 Å². The standard InChI is InChI=1S/C22H26N2O3/c25-21(26)17-7-9-19(10-8-17)23-22(27)24(20-11-12-20)14-15-5-6-16-3-1-2-4-18(16)13-15/h1-6,13,17,19-20H,7-12,14H2,(H,23,27)(H,25,26). The van der Waals surface area contributed by atoms with E-state index in [4.69, 9.17) is 5.11 Å². The Morgan fingerprint density at radius 1 is 0.963 bits per heavy atom. The highest BCUT2D eigenvalue weighted by Gasteiger charge is 2.34. The van der Waals surface area contributed by atoms with E-state index < -0.39 is 5.97 Å². The molecule has 0 bridgehead atoms. The summed E-state index contributed by atoms with van der Waals surface area (Å²) in [6, 6.07) is 15.0. The molecule has 2 aliphatic carbocycles. The lowest BCUT2D eigenvalue weighted by Gasteiger charge is -2.30. The zero-order chi connectivity index (χ0) is 18.8. The average Bonchev–Trinajstić information content (AvgIpc) is 3.51. The quantitative estimate of drug-likeness (QED) is 0.835.